The maximum absolute atomic E-state index is 11.7. The monoisotopic (exact) mass is 236 g/mol. The number of benzene rings is 1. The first-order valence-corrected chi connectivity index (χ1v) is 5.80. The van der Waals surface area contributed by atoms with Gasteiger partial charge in [0.25, 0.3) is 0 Å². The number of carbonyl (C=O) groups excluding carboxylic acids is 1. The minimum Gasteiger partial charge on any atom is -0.469 e. The van der Waals surface area contributed by atoms with Crippen LogP contribution in [0.25, 0.3) is 0 Å². The maximum atomic E-state index is 11.7. The Balaban J connectivity index is 3.11. The summed E-state index contributed by atoms with van der Waals surface area (Å²) in [7, 11) is 1.34. The van der Waals surface area contributed by atoms with Crippen molar-refractivity contribution >= 4 is 5.97 Å². The lowest BCUT2D eigenvalue weighted by atomic mass is 9.81. The minimum absolute atomic E-state index is 0.376. The molecule has 0 amide bonds. The molecule has 1 rings (SSSR count). The first-order chi connectivity index (χ1) is 7.93. The highest BCUT2D eigenvalue weighted by molar-refractivity contribution is 5.74. The molecule has 2 unspecified atom stereocenters. The molecule has 0 aliphatic heterocycles. The van der Waals surface area contributed by atoms with Crippen molar-refractivity contribution in [1.29, 1.82) is 0 Å². The molecule has 0 spiro atoms. The normalized spacial score (nSPS) is 16.1. The highest BCUT2D eigenvalue weighted by atomic mass is 16.5. The van der Waals surface area contributed by atoms with Crippen LogP contribution in [0.15, 0.2) is 24.3 Å². The fourth-order valence-corrected chi connectivity index (χ4v) is 2.10. The van der Waals surface area contributed by atoms with Gasteiger partial charge in [-0.1, -0.05) is 36.8 Å². The second-order valence-electron chi connectivity index (χ2n) is 4.50. The zero-order chi connectivity index (χ0) is 13.1. The molecular weight excluding hydrogens is 216 g/mol. The molecule has 1 aromatic carbocycles. The van der Waals surface area contributed by atoms with Gasteiger partial charge in [0, 0.05) is 0 Å². The molecule has 2 atom stereocenters. The SMILES string of the molecule is CCC(C(=O)OC)C(C)(O)c1cccc(C)c1. The molecule has 0 aromatic heterocycles. The Morgan fingerprint density at radius 3 is 2.65 bits per heavy atom. The van der Waals surface area contributed by atoms with Crippen LogP contribution in [0.5, 0.6) is 0 Å². The average Bonchev–Trinajstić information content (AvgIpc) is 2.29. The predicted octanol–water partition coefficient (Wildman–Crippen LogP) is 2.40. The fraction of sp³-hybridized carbons (Fsp3) is 0.500. The van der Waals surface area contributed by atoms with Crippen molar-refractivity contribution < 1.29 is 14.6 Å². The summed E-state index contributed by atoms with van der Waals surface area (Å²) in [6, 6.07) is 7.56. The molecule has 1 N–H and O–H groups in total. The zero-order valence-electron chi connectivity index (χ0n) is 10.9. The molecule has 1 aromatic rings. The van der Waals surface area contributed by atoms with E-state index in [1.165, 1.54) is 7.11 Å². The van der Waals surface area contributed by atoms with E-state index in [-0.39, 0.29) is 5.97 Å². The van der Waals surface area contributed by atoms with Crippen LogP contribution >= 0.6 is 0 Å². The summed E-state index contributed by atoms with van der Waals surface area (Å²) in [6.07, 6.45) is 0.535. The van der Waals surface area contributed by atoms with Gasteiger partial charge in [0.1, 0.15) is 5.60 Å². The standard InChI is InChI=1S/C14H20O3/c1-5-12(13(15)17-4)14(3,16)11-8-6-7-10(2)9-11/h6-9,12,16H,5H2,1-4H3. The largest absolute Gasteiger partial charge is 0.469 e. The van der Waals surface area contributed by atoms with E-state index < -0.39 is 11.5 Å². The Hall–Kier alpha value is -1.35. The minimum atomic E-state index is -1.20. The summed E-state index contributed by atoms with van der Waals surface area (Å²) in [4.78, 5) is 11.7. The topological polar surface area (TPSA) is 46.5 Å². The lowest BCUT2D eigenvalue weighted by Gasteiger charge is -2.31. The molecule has 0 saturated heterocycles. The highest BCUT2D eigenvalue weighted by Gasteiger charge is 2.38. The van der Waals surface area contributed by atoms with Crippen molar-refractivity contribution in [3.63, 3.8) is 0 Å². The van der Waals surface area contributed by atoms with Crippen LogP contribution in [-0.2, 0) is 15.1 Å². The number of aryl methyl sites for hydroxylation is 1. The van der Waals surface area contributed by atoms with Crippen molar-refractivity contribution in [2.24, 2.45) is 5.92 Å². The summed E-state index contributed by atoms with van der Waals surface area (Å²) in [5.74, 6) is -0.923. The Kier molecular flexibility index (Phi) is 4.29. The summed E-state index contributed by atoms with van der Waals surface area (Å²) in [6.45, 7) is 5.48. The summed E-state index contributed by atoms with van der Waals surface area (Å²) >= 11 is 0. The van der Waals surface area contributed by atoms with Gasteiger partial charge < -0.3 is 9.84 Å². The number of methoxy groups -OCH3 is 1. The van der Waals surface area contributed by atoms with Crippen LogP contribution in [0.2, 0.25) is 0 Å². The van der Waals surface area contributed by atoms with E-state index in [4.69, 9.17) is 4.74 Å². The molecule has 0 aliphatic rings. The molecular formula is C14H20O3. The molecule has 3 heteroatoms. The Morgan fingerprint density at radius 1 is 1.53 bits per heavy atom. The van der Waals surface area contributed by atoms with Gasteiger partial charge in [0.05, 0.1) is 13.0 Å². The lowest BCUT2D eigenvalue weighted by molar-refractivity contribution is -0.155. The van der Waals surface area contributed by atoms with Gasteiger partial charge in [-0.2, -0.15) is 0 Å². The van der Waals surface area contributed by atoms with Crippen LogP contribution < -0.4 is 0 Å². The van der Waals surface area contributed by atoms with Crippen LogP contribution in [0.3, 0.4) is 0 Å². The molecule has 0 saturated carbocycles. The van der Waals surface area contributed by atoms with Gasteiger partial charge in [-0.15, -0.1) is 0 Å². The fourth-order valence-electron chi connectivity index (χ4n) is 2.10. The van der Waals surface area contributed by atoms with Gasteiger partial charge in [-0.25, -0.2) is 0 Å². The number of carbonyl (C=O) groups is 1. The van der Waals surface area contributed by atoms with E-state index >= 15 is 0 Å². The van der Waals surface area contributed by atoms with E-state index in [2.05, 4.69) is 0 Å². The Labute approximate surface area is 102 Å². The third-order valence-corrected chi connectivity index (χ3v) is 3.17. The second kappa shape index (κ2) is 5.32. The Morgan fingerprint density at radius 2 is 2.18 bits per heavy atom. The average molecular weight is 236 g/mol. The van der Waals surface area contributed by atoms with Gasteiger partial charge in [0.15, 0.2) is 0 Å². The summed E-state index contributed by atoms with van der Waals surface area (Å²) in [5.41, 5.74) is 0.602. The zero-order valence-corrected chi connectivity index (χ0v) is 10.9. The molecule has 0 aliphatic carbocycles. The van der Waals surface area contributed by atoms with Crippen LogP contribution in [0.4, 0.5) is 0 Å². The Bertz CT molecular complexity index is 396. The summed E-state index contributed by atoms with van der Waals surface area (Å²) < 4.78 is 4.74. The number of hydrogen-bond donors (Lipinski definition) is 1. The molecule has 94 valence electrons. The number of esters is 1. The quantitative estimate of drug-likeness (QED) is 0.816. The van der Waals surface area contributed by atoms with Crippen molar-refractivity contribution in [3.8, 4) is 0 Å². The maximum Gasteiger partial charge on any atom is 0.311 e. The smallest absolute Gasteiger partial charge is 0.311 e. The van der Waals surface area contributed by atoms with Gasteiger partial charge >= 0.3 is 5.97 Å². The molecule has 0 heterocycles. The second-order valence-corrected chi connectivity index (χ2v) is 4.50. The molecule has 0 bridgehead atoms. The molecule has 3 nitrogen and oxygen atoms in total. The van der Waals surface area contributed by atoms with Crippen molar-refractivity contribution in [1.82, 2.24) is 0 Å². The van der Waals surface area contributed by atoms with Gasteiger partial charge in [-0.3, -0.25) is 4.79 Å². The molecule has 0 fully saturated rings. The lowest BCUT2D eigenvalue weighted by Crippen LogP contribution is -2.37. The number of ether oxygens (including phenoxy) is 1. The number of aliphatic hydroxyl groups is 1. The van der Waals surface area contributed by atoms with Crippen LogP contribution in [-0.4, -0.2) is 18.2 Å². The predicted molar refractivity (Wildman–Crippen MR) is 66.5 cm³/mol. The molecule has 17 heavy (non-hydrogen) atoms. The number of rotatable bonds is 4. The first kappa shape index (κ1) is 13.7. The van der Waals surface area contributed by atoms with E-state index in [1.54, 1.807) is 6.92 Å². The van der Waals surface area contributed by atoms with Crippen LogP contribution in [0, 0.1) is 12.8 Å². The van der Waals surface area contributed by atoms with Gasteiger partial charge in [0.2, 0.25) is 0 Å². The van der Waals surface area contributed by atoms with E-state index in [1.807, 2.05) is 38.1 Å². The first-order valence-electron chi connectivity index (χ1n) is 5.80. The van der Waals surface area contributed by atoms with E-state index in [0.29, 0.717) is 6.42 Å². The third-order valence-electron chi connectivity index (χ3n) is 3.17. The third kappa shape index (κ3) is 2.86. The van der Waals surface area contributed by atoms with E-state index in [9.17, 15) is 9.90 Å². The van der Waals surface area contributed by atoms with E-state index in [0.717, 1.165) is 11.1 Å². The molecule has 0 radical (unpaired) electrons. The number of hydrogen-bond acceptors (Lipinski definition) is 3. The van der Waals surface area contributed by atoms with Crippen molar-refractivity contribution in [2.75, 3.05) is 7.11 Å². The van der Waals surface area contributed by atoms with Crippen LogP contribution in [0.1, 0.15) is 31.4 Å². The highest BCUT2D eigenvalue weighted by Crippen LogP contribution is 2.32. The van der Waals surface area contributed by atoms with Crippen molar-refractivity contribution in [3.05, 3.63) is 35.4 Å². The summed E-state index contributed by atoms with van der Waals surface area (Å²) in [5, 5.41) is 10.6. The van der Waals surface area contributed by atoms with Gasteiger partial charge in [-0.05, 0) is 25.8 Å². The van der Waals surface area contributed by atoms with Crippen molar-refractivity contribution in [2.45, 2.75) is 32.8 Å².